The maximum atomic E-state index is 12.0. The van der Waals surface area contributed by atoms with Gasteiger partial charge < -0.3 is 10.6 Å². The van der Waals surface area contributed by atoms with E-state index in [0.29, 0.717) is 18.9 Å². The second kappa shape index (κ2) is 6.10. The molecule has 0 radical (unpaired) electrons. The molecule has 1 amide bonds. The van der Waals surface area contributed by atoms with Gasteiger partial charge in [0.25, 0.3) is 0 Å². The molecule has 0 saturated heterocycles. The fourth-order valence-electron chi connectivity index (χ4n) is 2.28. The molecule has 110 valence electrons. The third kappa shape index (κ3) is 3.31. The van der Waals surface area contributed by atoms with Crippen molar-refractivity contribution < 1.29 is 4.79 Å². The van der Waals surface area contributed by atoms with Crippen molar-refractivity contribution >= 4 is 11.7 Å². The highest BCUT2D eigenvalue weighted by atomic mass is 16.1. The van der Waals surface area contributed by atoms with Gasteiger partial charge in [-0.2, -0.15) is 5.10 Å². The number of anilines is 1. The van der Waals surface area contributed by atoms with Crippen LogP contribution in [0.3, 0.4) is 0 Å². The summed E-state index contributed by atoms with van der Waals surface area (Å²) >= 11 is 0. The van der Waals surface area contributed by atoms with Crippen LogP contribution in [-0.4, -0.2) is 29.3 Å². The van der Waals surface area contributed by atoms with Gasteiger partial charge in [0, 0.05) is 24.9 Å². The van der Waals surface area contributed by atoms with Crippen LogP contribution in [0.25, 0.3) is 5.69 Å². The van der Waals surface area contributed by atoms with E-state index in [1.54, 1.807) is 0 Å². The molecule has 2 N–H and O–H groups in total. The summed E-state index contributed by atoms with van der Waals surface area (Å²) in [5.41, 5.74) is 2.04. The van der Waals surface area contributed by atoms with Crippen LogP contribution >= 0.6 is 0 Å². The fraction of sp³-hybridized carbons (Fsp3) is 0.375. The van der Waals surface area contributed by atoms with Gasteiger partial charge in [-0.25, -0.2) is 4.68 Å². The van der Waals surface area contributed by atoms with Gasteiger partial charge in [-0.05, 0) is 32.0 Å². The Bertz CT molecular complexity index is 616. The minimum atomic E-state index is 0.00350. The molecule has 5 heteroatoms. The molecule has 1 saturated carbocycles. The number of aromatic nitrogens is 2. The van der Waals surface area contributed by atoms with Crippen molar-refractivity contribution in [1.82, 2.24) is 15.1 Å². The van der Waals surface area contributed by atoms with Crippen LogP contribution < -0.4 is 10.6 Å². The lowest BCUT2D eigenvalue weighted by atomic mass is 10.3. The average molecular weight is 284 g/mol. The first-order valence-electron chi connectivity index (χ1n) is 7.38. The van der Waals surface area contributed by atoms with E-state index in [9.17, 15) is 4.79 Å². The van der Waals surface area contributed by atoms with E-state index in [1.165, 1.54) is 12.8 Å². The number of hydrogen-bond acceptors (Lipinski definition) is 3. The van der Waals surface area contributed by atoms with Crippen molar-refractivity contribution in [3.05, 3.63) is 42.1 Å². The number of rotatable bonds is 6. The van der Waals surface area contributed by atoms with Gasteiger partial charge in [-0.15, -0.1) is 0 Å². The Balaban J connectivity index is 1.85. The Hall–Kier alpha value is -2.14. The monoisotopic (exact) mass is 284 g/mol. The lowest BCUT2D eigenvalue weighted by molar-refractivity contribution is -0.116. The first kappa shape index (κ1) is 13.8. The molecule has 0 unspecified atom stereocenters. The Labute approximate surface area is 124 Å². The van der Waals surface area contributed by atoms with Gasteiger partial charge in [0.2, 0.25) is 5.91 Å². The molecule has 3 rings (SSSR count). The van der Waals surface area contributed by atoms with Crippen LogP contribution in [0, 0.1) is 0 Å². The Morgan fingerprint density at radius 3 is 2.76 bits per heavy atom. The predicted molar refractivity (Wildman–Crippen MR) is 82.7 cm³/mol. The minimum Gasteiger partial charge on any atom is -0.319 e. The predicted octanol–water partition coefficient (Wildman–Crippen LogP) is 2.30. The van der Waals surface area contributed by atoms with E-state index in [4.69, 9.17) is 0 Å². The number of nitrogens with zero attached hydrogens (tertiary/aromatic N) is 2. The SMILES string of the molecule is CNCCC(=O)Nc1cc(C2CC2)nn1-c1ccccc1. The summed E-state index contributed by atoms with van der Waals surface area (Å²) in [5.74, 6) is 1.32. The number of para-hydroxylation sites is 1. The van der Waals surface area contributed by atoms with Crippen molar-refractivity contribution in [3.63, 3.8) is 0 Å². The topological polar surface area (TPSA) is 59.0 Å². The highest BCUT2D eigenvalue weighted by molar-refractivity contribution is 5.90. The molecule has 1 aromatic heterocycles. The molecule has 1 heterocycles. The van der Waals surface area contributed by atoms with E-state index in [1.807, 2.05) is 48.1 Å². The molecular formula is C16H20N4O. The Morgan fingerprint density at radius 1 is 1.33 bits per heavy atom. The molecule has 21 heavy (non-hydrogen) atoms. The third-order valence-corrected chi connectivity index (χ3v) is 3.59. The molecule has 1 aromatic carbocycles. The zero-order chi connectivity index (χ0) is 14.7. The molecule has 0 atom stereocenters. The zero-order valence-electron chi connectivity index (χ0n) is 12.2. The summed E-state index contributed by atoms with van der Waals surface area (Å²) in [6.07, 6.45) is 2.84. The fourth-order valence-corrected chi connectivity index (χ4v) is 2.28. The van der Waals surface area contributed by atoms with Crippen LogP contribution in [0.2, 0.25) is 0 Å². The number of benzene rings is 1. The lowest BCUT2D eigenvalue weighted by Crippen LogP contribution is -2.20. The molecule has 0 aliphatic heterocycles. The van der Waals surface area contributed by atoms with Crippen molar-refractivity contribution in [2.24, 2.45) is 0 Å². The first-order chi connectivity index (χ1) is 10.3. The van der Waals surface area contributed by atoms with Gasteiger partial charge in [0.1, 0.15) is 5.82 Å². The third-order valence-electron chi connectivity index (χ3n) is 3.59. The summed E-state index contributed by atoms with van der Waals surface area (Å²) in [6, 6.07) is 11.9. The maximum absolute atomic E-state index is 12.0. The van der Waals surface area contributed by atoms with Crippen LogP contribution in [0.4, 0.5) is 5.82 Å². The van der Waals surface area contributed by atoms with Crippen molar-refractivity contribution in [2.75, 3.05) is 18.9 Å². The van der Waals surface area contributed by atoms with E-state index in [0.717, 1.165) is 17.2 Å². The highest BCUT2D eigenvalue weighted by Crippen LogP contribution is 2.40. The van der Waals surface area contributed by atoms with Gasteiger partial charge in [0.05, 0.1) is 11.4 Å². The van der Waals surface area contributed by atoms with Crippen LogP contribution in [0.5, 0.6) is 0 Å². The van der Waals surface area contributed by atoms with Gasteiger partial charge >= 0.3 is 0 Å². The highest BCUT2D eigenvalue weighted by Gasteiger charge is 2.27. The summed E-state index contributed by atoms with van der Waals surface area (Å²) in [6.45, 7) is 0.667. The maximum Gasteiger partial charge on any atom is 0.226 e. The minimum absolute atomic E-state index is 0.00350. The van der Waals surface area contributed by atoms with Crippen LogP contribution in [0.1, 0.15) is 30.9 Å². The van der Waals surface area contributed by atoms with E-state index >= 15 is 0 Å². The molecule has 2 aromatic rings. The molecule has 1 aliphatic rings. The van der Waals surface area contributed by atoms with E-state index < -0.39 is 0 Å². The van der Waals surface area contributed by atoms with Gasteiger partial charge in [0.15, 0.2) is 0 Å². The molecule has 5 nitrogen and oxygen atoms in total. The van der Waals surface area contributed by atoms with Gasteiger partial charge in [-0.3, -0.25) is 4.79 Å². The quantitative estimate of drug-likeness (QED) is 0.855. The van der Waals surface area contributed by atoms with Crippen LogP contribution in [0.15, 0.2) is 36.4 Å². The number of carbonyl (C=O) groups is 1. The van der Waals surface area contributed by atoms with Gasteiger partial charge in [-0.1, -0.05) is 18.2 Å². The lowest BCUT2D eigenvalue weighted by Gasteiger charge is -2.08. The second-order valence-electron chi connectivity index (χ2n) is 5.38. The summed E-state index contributed by atoms with van der Waals surface area (Å²) < 4.78 is 1.82. The summed E-state index contributed by atoms with van der Waals surface area (Å²) in [7, 11) is 1.84. The largest absolute Gasteiger partial charge is 0.319 e. The number of hydrogen-bond donors (Lipinski definition) is 2. The first-order valence-corrected chi connectivity index (χ1v) is 7.38. The molecule has 1 aliphatic carbocycles. The molecule has 1 fully saturated rings. The molecule has 0 spiro atoms. The number of nitrogens with one attached hydrogen (secondary N) is 2. The van der Waals surface area contributed by atoms with Crippen molar-refractivity contribution in [2.45, 2.75) is 25.2 Å². The smallest absolute Gasteiger partial charge is 0.226 e. The number of amides is 1. The molecule has 0 bridgehead atoms. The zero-order valence-corrected chi connectivity index (χ0v) is 12.2. The van der Waals surface area contributed by atoms with Crippen molar-refractivity contribution in [3.8, 4) is 5.69 Å². The van der Waals surface area contributed by atoms with E-state index in [-0.39, 0.29) is 5.91 Å². The van der Waals surface area contributed by atoms with Crippen molar-refractivity contribution in [1.29, 1.82) is 0 Å². The second-order valence-corrected chi connectivity index (χ2v) is 5.38. The van der Waals surface area contributed by atoms with E-state index in [2.05, 4.69) is 15.7 Å². The summed E-state index contributed by atoms with van der Waals surface area (Å²) in [5, 5.41) is 10.6. The Morgan fingerprint density at radius 2 is 2.10 bits per heavy atom. The standard InChI is InChI=1S/C16H20N4O/c1-17-10-9-16(21)18-15-11-14(12-7-8-12)19-20(15)13-5-3-2-4-6-13/h2-6,11-12,17H,7-10H2,1H3,(H,18,21). The molecular weight excluding hydrogens is 264 g/mol. The Kier molecular flexibility index (Phi) is 4.01. The van der Waals surface area contributed by atoms with Crippen LogP contribution in [-0.2, 0) is 4.79 Å². The average Bonchev–Trinajstić information content (AvgIpc) is 3.28. The normalized spacial score (nSPS) is 14.1. The number of carbonyl (C=O) groups excluding carboxylic acids is 1. The summed E-state index contributed by atoms with van der Waals surface area (Å²) in [4.78, 5) is 12.0.